The highest BCUT2D eigenvalue weighted by Gasteiger charge is 2.57. The van der Waals surface area contributed by atoms with Crippen molar-refractivity contribution >= 4 is 45.0 Å². The molecule has 218 valence electrons. The van der Waals surface area contributed by atoms with Crippen LogP contribution in [0.3, 0.4) is 0 Å². The maximum atomic E-state index is 14.6. The molecule has 8 nitrogen and oxygen atoms in total. The van der Waals surface area contributed by atoms with Gasteiger partial charge in [-0.1, -0.05) is 54.4 Å². The summed E-state index contributed by atoms with van der Waals surface area (Å²) in [5.41, 5.74) is 6.16. The first-order valence-electron chi connectivity index (χ1n) is 13.5. The molecule has 1 saturated heterocycles. The number of nitrogens with two attached hydrogens (primary N) is 1. The Balaban J connectivity index is 1.91. The van der Waals surface area contributed by atoms with Crippen molar-refractivity contribution < 1.29 is 22.7 Å². The minimum absolute atomic E-state index is 0.109. The normalized spacial score (nSPS) is 25.2. The lowest BCUT2D eigenvalue weighted by molar-refractivity contribution is -0.170. The maximum Gasteiger partial charge on any atom is 0.247 e. The number of carbonyl (C=O) groups is 2. The molecule has 1 aliphatic heterocycles. The minimum Gasteiger partial charge on any atom is -0.371 e. The number of nitrogens with zero attached hydrogens (tertiary/aromatic N) is 2. The third kappa shape index (κ3) is 5.90. The van der Waals surface area contributed by atoms with Crippen molar-refractivity contribution in [2.24, 2.45) is 11.1 Å². The molecule has 2 amide bonds. The van der Waals surface area contributed by atoms with Gasteiger partial charge in [-0.3, -0.25) is 9.59 Å². The molecule has 4 rings (SSSR count). The van der Waals surface area contributed by atoms with Gasteiger partial charge in [0.1, 0.15) is 6.10 Å². The minimum atomic E-state index is -3.49. The molecule has 1 heterocycles. The molecule has 40 heavy (non-hydrogen) atoms. The van der Waals surface area contributed by atoms with Gasteiger partial charge >= 0.3 is 0 Å². The van der Waals surface area contributed by atoms with E-state index >= 15 is 0 Å². The molecule has 5 unspecified atom stereocenters. The number of benzene rings is 2. The number of likely N-dealkylation sites (N-methyl/N-ethyl adjacent to an activating group) is 1. The average Bonchev–Trinajstić information content (AvgIpc) is 3.76. The molecule has 0 radical (unpaired) electrons. The van der Waals surface area contributed by atoms with Gasteiger partial charge in [0, 0.05) is 42.7 Å². The Morgan fingerprint density at radius 2 is 1.80 bits per heavy atom. The van der Waals surface area contributed by atoms with Crippen molar-refractivity contribution in [1.29, 1.82) is 0 Å². The number of primary amides is 1. The highest BCUT2D eigenvalue weighted by atomic mass is 35.5. The predicted octanol–water partition coefficient (Wildman–Crippen LogP) is 4.76. The number of piperidine rings is 1. The highest BCUT2D eigenvalue weighted by Crippen LogP contribution is 2.52. The highest BCUT2D eigenvalue weighted by molar-refractivity contribution is 7.90. The van der Waals surface area contributed by atoms with Gasteiger partial charge in [-0.25, -0.2) is 12.7 Å². The van der Waals surface area contributed by atoms with Crippen molar-refractivity contribution in [3.63, 3.8) is 0 Å². The van der Waals surface area contributed by atoms with Crippen LogP contribution in [0.25, 0.3) is 0 Å². The number of likely N-dealkylation sites (tertiary alicyclic amines) is 1. The average molecular weight is 611 g/mol. The van der Waals surface area contributed by atoms with Gasteiger partial charge in [0.25, 0.3) is 0 Å². The maximum absolute atomic E-state index is 14.6. The summed E-state index contributed by atoms with van der Waals surface area (Å²) in [4.78, 5) is 29.0. The summed E-state index contributed by atoms with van der Waals surface area (Å²) in [7, 11) is -0.555. The Hall–Kier alpha value is -2.17. The van der Waals surface area contributed by atoms with Gasteiger partial charge in [0.15, 0.2) is 0 Å². The number of sulfonamides is 1. The lowest BCUT2D eigenvalue weighted by atomic mass is 9.65. The zero-order valence-corrected chi connectivity index (χ0v) is 25.5. The van der Waals surface area contributed by atoms with E-state index in [1.165, 1.54) is 11.4 Å². The van der Waals surface area contributed by atoms with Gasteiger partial charge < -0.3 is 15.4 Å². The SMILES string of the molecule is CCC(CN(C)S(=O)(=O)C1CC1)N1C(=O)C(C)(C(OC)C(N)=O)CC(c2cccc(Cl)c2)C1c1ccc(Cl)cc1. The predicted molar refractivity (Wildman–Crippen MR) is 157 cm³/mol. The van der Waals surface area contributed by atoms with Crippen LogP contribution in [0.15, 0.2) is 48.5 Å². The Morgan fingerprint density at radius 3 is 2.33 bits per heavy atom. The molecule has 11 heteroatoms. The molecule has 2 aliphatic rings. The van der Waals surface area contributed by atoms with E-state index in [9.17, 15) is 18.0 Å². The third-order valence-corrected chi connectivity index (χ3v) is 11.1. The fourth-order valence-corrected chi connectivity index (χ4v) is 8.04. The topological polar surface area (TPSA) is 110 Å². The number of rotatable bonds is 11. The van der Waals surface area contributed by atoms with E-state index in [0.717, 1.165) is 11.1 Å². The molecular weight excluding hydrogens is 573 g/mol. The monoisotopic (exact) mass is 609 g/mol. The lowest BCUT2D eigenvalue weighted by Crippen LogP contribution is -2.62. The van der Waals surface area contributed by atoms with Crippen molar-refractivity contribution in [3.05, 3.63) is 69.7 Å². The zero-order chi connectivity index (χ0) is 29.4. The van der Waals surface area contributed by atoms with Crippen LogP contribution in [0.5, 0.6) is 0 Å². The van der Waals surface area contributed by atoms with Crippen LogP contribution in [0.4, 0.5) is 0 Å². The van der Waals surface area contributed by atoms with E-state index in [1.807, 2.05) is 37.3 Å². The fourth-order valence-electron chi connectivity index (χ4n) is 6.10. The quantitative estimate of drug-likeness (QED) is 0.395. The number of halogens is 2. The van der Waals surface area contributed by atoms with Gasteiger partial charge in [0.2, 0.25) is 21.8 Å². The number of ether oxygens (including phenoxy) is 1. The number of hydrogen-bond acceptors (Lipinski definition) is 5. The first-order valence-corrected chi connectivity index (χ1v) is 15.7. The van der Waals surface area contributed by atoms with Crippen molar-refractivity contribution in [2.45, 2.75) is 68.9 Å². The van der Waals surface area contributed by atoms with Crippen LogP contribution in [0.1, 0.15) is 62.6 Å². The Labute approximate surface area is 246 Å². The molecule has 1 aliphatic carbocycles. The number of carbonyl (C=O) groups excluding carboxylic acids is 2. The van der Waals surface area contributed by atoms with Crippen LogP contribution < -0.4 is 5.73 Å². The van der Waals surface area contributed by atoms with Crippen LogP contribution >= 0.6 is 23.2 Å². The van der Waals surface area contributed by atoms with Gasteiger partial charge in [-0.15, -0.1) is 0 Å². The summed E-state index contributed by atoms with van der Waals surface area (Å²) in [6.07, 6.45) is 0.822. The van der Waals surface area contributed by atoms with Crippen LogP contribution in [0.2, 0.25) is 10.0 Å². The summed E-state index contributed by atoms with van der Waals surface area (Å²) in [6, 6.07) is 13.8. The van der Waals surface area contributed by atoms with Gasteiger partial charge in [-0.05, 0) is 68.0 Å². The number of hydrogen-bond donors (Lipinski definition) is 1. The van der Waals surface area contributed by atoms with E-state index in [1.54, 1.807) is 37.1 Å². The second kappa shape index (κ2) is 12.0. The van der Waals surface area contributed by atoms with Crippen LogP contribution in [0, 0.1) is 5.41 Å². The number of methoxy groups -OCH3 is 1. The Kier molecular flexibility index (Phi) is 9.22. The van der Waals surface area contributed by atoms with Gasteiger partial charge in [0.05, 0.1) is 16.7 Å². The summed E-state index contributed by atoms with van der Waals surface area (Å²) >= 11 is 12.7. The molecule has 5 atom stereocenters. The molecule has 1 saturated carbocycles. The summed E-state index contributed by atoms with van der Waals surface area (Å²) in [6.45, 7) is 3.74. The number of amides is 2. The van der Waals surface area contributed by atoms with Crippen LogP contribution in [-0.2, 0) is 24.3 Å². The second-order valence-electron chi connectivity index (χ2n) is 11.1. The fraction of sp³-hybridized carbons (Fsp3) is 0.517. The van der Waals surface area contributed by atoms with E-state index in [0.29, 0.717) is 29.3 Å². The smallest absolute Gasteiger partial charge is 0.247 e. The van der Waals surface area contributed by atoms with E-state index in [-0.39, 0.29) is 30.0 Å². The van der Waals surface area contributed by atoms with E-state index in [2.05, 4.69) is 0 Å². The molecule has 0 bridgehead atoms. The largest absolute Gasteiger partial charge is 0.371 e. The Bertz CT molecular complexity index is 1350. The molecule has 2 fully saturated rings. The first-order chi connectivity index (χ1) is 18.8. The molecule has 0 aromatic heterocycles. The molecule has 2 aromatic carbocycles. The van der Waals surface area contributed by atoms with E-state index < -0.39 is 39.5 Å². The van der Waals surface area contributed by atoms with Gasteiger partial charge in [-0.2, -0.15) is 0 Å². The Morgan fingerprint density at radius 1 is 1.15 bits per heavy atom. The van der Waals surface area contributed by atoms with E-state index in [4.69, 9.17) is 33.7 Å². The molecular formula is C29H37Cl2N3O5S. The molecule has 2 N–H and O–H groups in total. The standard InChI is InChI=1S/C29H37Cl2N3O5S/c1-5-22(17-33(3)40(37,38)23-13-14-23)34-25(18-9-11-20(30)12-10-18)24(19-7-6-8-21(31)15-19)16-29(2,28(34)36)26(39-4)27(32)35/h6-12,15,22-26H,5,13-14,16-17H2,1-4H3,(H2,32,35). The molecule has 2 aromatic rings. The van der Waals surface area contributed by atoms with Crippen molar-refractivity contribution in [2.75, 3.05) is 20.7 Å². The summed E-state index contributed by atoms with van der Waals surface area (Å²) in [5, 5.41) is 0.714. The lowest BCUT2D eigenvalue weighted by Gasteiger charge is -2.53. The van der Waals surface area contributed by atoms with Crippen molar-refractivity contribution in [3.8, 4) is 0 Å². The third-order valence-electron chi connectivity index (χ3n) is 8.32. The van der Waals surface area contributed by atoms with Crippen LogP contribution in [-0.4, -0.2) is 67.5 Å². The summed E-state index contributed by atoms with van der Waals surface area (Å²) < 4.78 is 33.1. The second-order valence-corrected chi connectivity index (χ2v) is 14.3. The first kappa shape index (κ1) is 30.8. The zero-order valence-electron chi connectivity index (χ0n) is 23.2. The summed E-state index contributed by atoms with van der Waals surface area (Å²) in [5.74, 6) is -1.38. The molecule has 0 spiro atoms. The van der Waals surface area contributed by atoms with Crippen molar-refractivity contribution in [1.82, 2.24) is 9.21 Å².